The molecule has 2 unspecified atom stereocenters. The Balaban J connectivity index is 1.42. The lowest BCUT2D eigenvalue weighted by Gasteiger charge is -2.60. The quantitative estimate of drug-likeness (QED) is 0.338. The molecule has 8 nitrogen and oxygen atoms in total. The minimum absolute atomic E-state index is 0.0513. The van der Waals surface area contributed by atoms with E-state index in [9.17, 15) is 24.9 Å². The van der Waals surface area contributed by atoms with Crippen molar-refractivity contribution in [2.24, 2.45) is 34.0 Å². The molecule has 1 aromatic carbocycles. The number of nitrogens with zero attached hydrogens (tertiary/aromatic N) is 1. The predicted molar refractivity (Wildman–Crippen MR) is 148 cm³/mol. The molecule has 6 aliphatic rings. The van der Waals surface area contributed by atoms with Gasteiger partial charge in [0.25, 0.3) is 0 Å². The van der Waals surface area contributed by atoms with E-state index in [0.717, 1.165) is 48.9 Å². The third-order valence-electron chi connectivity index (χ3n) is 12.7. The minimum atomic E-state index is -1.22. The van der Waals surface area contributed by atoms with Crippen molar-refractivity contribution in [3.05, 3.63) is 42.0 Å². The van der Waals surface area contributed by atoms with Crippen LogP contribution in [0, 0.1) is 34.0 Å². The molecule has 2 aliphatic carbocycles. The average Bonchev–Trinajstić information content (AvgIpc) is 3.66. The van der Waals surface area contributed by atoms with Crippen LogP contribution < -0.4 is 5.32 Å². The number of aliphatic hydroxyl groups excluding tert-OH is 3. The van der Waals surface area contributed by atoms with Gasteiger partial charge < -0.3 is 25.4 Å². The van der Waals surface area contributed by atoms with Crippen molar-refractivity contribution in [3.63, 3.8) is 0 Å². The molecule has 4 aliphatic heterocycles. The summed E-state index contributed by atoms with van der Waals surface area (Å²) < 4.78 is 5.64. The number of esters is 1. The third kappa shape index (κ3) is 2.91. The summed E-state index contributed by atoms with van der Waals surface area (Å²) in [5.74, 6) is -1.04. The van der Waals surface area contributed by atoms with Gasteiger partial charge in [-0.2, -0.15) is 0 Å². The Bertz CT molecular complexity index is 1280. The fourth-order valence-electron chi connectivity index (χ4n) is 10.9. The normalized spacial score (nSPS) is 47.9. The lowest BCUT2D eigenvalue weighted by atomic mass is 9.44. The lowest BCUT2D eigenvalue weighted by Crippen LogP contribution is -2.59. The highest BCUT2D eigenvalue weighted by Gasteiger charge is 2.79. The Hall–Kier alpha value is -2.26. The van der Waals surface area contributed by atoms with Gasteiger partial charge in [-0.25, -0.2) is 0 Å². The number of hydrogen-bond donors (Lipinski definition) is 4. The van der Waals surface area contributed by atoms with Crippen molar-refractivity contribution in [2.75, 3.05) is 25.1 Å². The van der Waals surface area contributed by atoms with Crippen LogP contribution in [0.3, 0.4) is 0 Å². The number of carbonyl (C=O) groups is 2. The van der Waals surface area contributed by atoms with Crippen LogP contribution in [0.5, 0.6) is 0 Å². The summed E-state index contributed by atoms with van der Waals surface area (Å²) in [7, 11) is 0. The molecule has 7 rings (SSSR count). The second-order valence-corrected chi connectivity index (χ2v) is 14.0. The maximum absolute atomic E-state index is 14.4. The van der Waals surface area contributed by atoms with Gasteiger partial charge in [0.2, 0.25) is 5.91 Å². The molecule has 2 spiro atoms. The molecule has 10 atom stereocenters. The van der Waals surface area contributed by atoms with E-state index in [1.54, 1.807) is 0 Å². The van der Waals surface area contributed by atoms with E-state index in [1.165, 1.54) is 0 Å². The van der Waals surface area contributed by atoms with Gasteiger partial charge in [0.15, 0.2) is 0 Å². The molecule has 4 heterocycles. The van der Waals surface area contributed by atoms with Crippen molar-refractivity contribution in [1.82, 2.24) is 4.90 Å². The summed E-state index contributed by atoms with van der Waals surface area (Å²) in [4.78, 5) is 30.6. The number of para-hydroxylation sites is 1. The zero-order chi connectivity index (χ0) is 28.2. The van der Waals surface area contributed by atoms with Crippen LogP contribution in [0.1, 0.15) is 64.4 Å². The molecule has 40 heavy (non-hydrogen) atoms. The Morgan fingerprint density at radius 2 is 1.90 bits per heavy atom. The molecule has 8 heteroatoms. The first kappa shape index (κ1) is 26.6. The largest absolute Gasteiger partial charge is 0.462 e. The summed E-state index contributed by atoms with van der Waals surface area (Å²) in [5, 5.41) is 36.4. The molecule has 5 fully saturated rings. The monoisotopic (exact) mass is 550 g/mol. The minimum Gasteiger partial charge on any atom is -0.462 e. The molecule has 0 aromatic heterocycles. The maximum atomic E-state index is 14.4. The van der Waals surface area contributed by atoms with Gasteiger partial charge in [-0.15, -0.1) is 0 Å². The van der Waals surface area contributed by atoms with E-state index in [4.69, 9.17) is 4.74 Å². The Morgan fingerprint density at radius 3 is 2.62 bits per heavy atom. The van der Waals surface area contributed by atoms with Gasteiger partial charge in [-0.3, -0.25) is 14.5 Å². The molecule has 0 radical (unpaired) electrons. The van der Waals surface area contributed by atoms with Crippen LogP contribution in [-0.2, 0) is 19.9 Å². The van der Waals surface area contributed by atoms with E-state index in [-0.39, 0.29) is 42.4 Å². The molecule has 1 aromatic rings. The summed E-state index contributed by atoms with van der Waals surface area (Å²) in [5.41, 5.74) is -0.502. The van der Waals surface area contributed by atoms with E-state index in [2.05, 4.69) is 23.7 Å². The van der Waals surface area contributed by atoms with Crippen LogP contribution >= 0.6 is 0 Å². The Morgan fingerprint density at radius 1 is 1.12 bits per heavy atom. The molecule has 2 saturated carbocycles. The van der Waals surface area contributed by atoms with Gasteiger partial charge in [-0.1, -0.05) is 44.2 Å². The van der Waals surface area contributed by atoms with Crippen LogP contribution in [0.15, 0.2) is 36.4 Å². The average molecular weight is 551 g/mol. The highest BCUT2D eigenvalue weighted by Crippen LogP contribution is 2.69. The predicted octanol–water partition coefficient (Wildman–Crippen LogP) is 2.96. The van der Waals surface area contributed by atoms with Crippen molar-refractivity contribution in [2.45, 2.75) is 82.6 Å². The van der Waals surface area contributed by atoms with Crippen LogP contribution in [0.4, 0.5) is 5.69 Å². The summed E-state index contributed by atoms with van der Waals surface area (Å²) in [6, 6.07) is 7.49. The number of allylic oxidation sites excluding steroid dienone is 1. The van der Waals surface area contributed by atoms with Crippen LogP contribution in [0.25, 0.3) is 0 Å². The standard InChI is InChI=1S/C32H42N2O6/c1-18-10-11-22-29(2,13-12-25(36)30(22,3)17-35)20(18)15-23-31(26(37)16-40-28(31)39)24-9-6-14-34(24)32(23)19-7-4-5-8-21(19)33-27(32)38/h4-5,7-8,20,22-26,35-37H,1,6,9-17H2,2-3H3,(H,33,38)/t20-,22+,23?,24?,25-,26+,29+,30+,31-,32+/m1/s1. The number of amides is 1. The van der Waals surface area contributed by atoms with Gasteiger partial charge in [0, 0.05) is 28.6 Å². The molecule has 4 N–H and O–H groups in total. The second-order valence-electron chi connectivity index (χ2n) is 14.0. The third-order valence-corrected chi connectivity index (χ3v) is 12.7. The van der Waals surface area contributed by atoms with Crippen molar-refractivity contribution >= 4 is 17.6 Å². The summed E-state index contributed by atoms with van der Waals surface area (Å²) in [6.45, 7) is 9.33. The number of fused-ring (bicyclic) bond motifs is 6. The van der Waals surface area contributed by atoms with Gasteiger partial charge in [0.05, 0.1) is 12.7 Å². The number of nitrogens with one attached hydrogen (secondary N) is 1. The fraction of sp³-hybridized carbons (Fsp3) is 0.688. The maximum Gasteiger partial charge on any atom is 0.316 e. The molecule has 1 amide bonds. The zero-order valence-corrected chi connectivity index (χ0v) is 23.6. The lowest BCUT2D eigenvalue weighted by molar-refractivity contribution is -0.161. The number of cyclic esters (lactones) is 1. The number of anilines is 1. The highest BCUT2D eigenvalue weighted by atomic mass is 16.6. The smallest absolute Gasteiger partial charge is 0.316 e. The van der Waals surface area contributed by atoms with Gasteiger partial charge in [0.1, 0.15) is 23.7 Å². The number of aliphatic hydroxyl groups is 3. The molecular formula is C32H42N2O6. The van der Waals surface area contributed by atoms with Gasteiger partial charge in [-0.05, 0) is 74.8 Å². The van der Waals surface area contributed by atoms with Crippen LogP contribution in [-0.4, -0.2) is 70.1 Å². The van der Waals surface area contributed by atoms with Gasteiger partial charge >= 0.3 is 5.97 Å². The topological polar surface area (TPSA) is 119 Å². The SMILES string of the molecule is C=C1CC[C@@H]2[C@](C)(CO)[C@H](O)CC[C@@]2(C)[C@@H]1CC1[C@@]2(C(=O)OC[C@@H]2O)C2CCCN2[C@]12C(=O)Nc1ccccc12. The van der Waals surface area contributed by atoms with Crippen molar-refractivity contribution < 1.29 is 29.6 Å². The van der Waals surface area contributed by atoms with Crippen molar-refractivity contribution in [3.8, 4) is 0 Å². The molecule has 0 bridgehead atoms. The summed E-state index contributed by atoms with van der Waals surface area (Å²) in [6.07, 6.45) is 3.43. The summed E-state index contributed by atoms with van der Waals surface area (Å²) >= 11 is 0. The van der Waals surface area contributed by atoms with Crippen molar-refractivity contribution in [1.29, 1.82) is 0 Å². The zero-order valence-electron chi connectivity index (χ0n) is 23.6. The first-order valence-electron chi connectivity index (χ1n) is 15.1. The fourth-order valence-corrected chi connectivity index (χ4v) is 10.9. The molecule has 3 saturated heterocycles. The number of carbonyl (C=O) groups excluding carboxylic acids is 2. The van der Waals surface area contributed by atoms with E-state index in [0.29, 0.717) is 19.4 Å². The van der Waals surface area contributed by atoms with E-state index in [1.807, 2.05) is 31.2 Å². The van der Waals surface area contributed by atoms with E-state index >= 15 is 0 Å². The second kappa shape index (κ2) is 8.63. The highest BCUT2D eigenvalue weighted by molar-refractivity contribution is 6.07. The van der Waals surface area contributed by atoms with E-state index < -0.39 is 40.5 Å². The molecular weight excluding hydrogens is 508 g/mol. The first-order valence-corrected chi connectivity index (χ1v) is 15.1. The Labute approximate surface area is 235 Å². The number of hydrogen-bond acceptors (Lipinski definition) is 7. The number of ether oxygens (including phenoxy) is 1. The van der Waals surface area contributed by atoms with Crippen LogP contribution in [0.2, 0.25) is 0 Å². The number of rotatable bonds is 3. The number of benzene rings is 1. The first-order chi connectivity index (χ1) is 19.1. The Kier molecular flexibility index (Phi) is 5.75. The molecule has 216 valence electrons.